The van der Waals surface area contributed by atoms with E-state index in [1.54, 1.807) is 69.3 Å². The summed E-state index contributed by atoms with van der Waals surface area (Å²) in [5.41, 5.74) is 3.71. The van der Waals surface area contributed by atoms with Gasteiger partial charge in [-0.3, -0.25) is 29.0 Å². The minimum Gasteiger partial charge on any atom is -0.494 e. The van der Waals surface area contributed by atoms with Crippen molar-refractivity contribution < 1.29 is 73.9 Å². The van der Waals surface area contributed by atoms with Crippen LogP contribution in [-0.4, -0.2) is 126 Å². The van der Waals surface area contributed by atoms with Crippen molar-refractivity contribution in [2.75, 3.05) is 104 Å². The molecular weight excluding hydrogens is 1090 g/mol. The number of nitrogen functional groups attached to an aromatic ring is 1. The molecule has 6 aromatic carbocycles. The highest BCUT2D eigenvalue weighted by molar-refractivity contribution is 6.83. The number of hydrogen-bond acceptors (Lipinski definition) is 13. The number of fused-ring (bicyclic) bond motifs is 2. The van der Waals surface area contributed by atoms with Gasteiger partial charge < -0.3 is 39.5 Å². The molecule has 0 aromatic heterocycles. The molecule has 2 heterocycles. The lowest BCUT2D eigenvalue weighted by Crippen LogP contribution is -2.38. The summed E-state index contributed by atoms with van der Waals surface area (Å²) < 4.78 is 113. The Morgan fingerprint density at radius 1 is 0.568 bits per heavy atom. The summed E-state index contributed by atoms with van der Waals surface area (Å²) in [4.78, 5) is 54.1. The van der Waals surface area contributed by atoms with Crippen LogP contribution >= 0.6 is 11.6 Å². The van der Waals surface area contributed by atoms with Crippen LogP contribution in [0.15, 0.2) is 97.1 Å². The Morgan fingerprint density at radius 3 is 1.36 bits per heavy atom. The molecule has 0 unspecified atom stereocenters. The van der Waals surface area contributed by atoms with E-state index in [-0.39, 0.29) is 22.7 Å². The first-order valence-electron chi connectivity index (χ1n) is 26.0. The molecule has 0 atom stereocenters. The largest absolute Gasteiger partial charge is 0.494 e. The van der Waals surface area contributed by atoms with Crippen molar-refractivity contribution in [3.05, 3.63) is 130 Å². The third kappa shape index (κ3) is 16.6. The first kappa shape index (κ1) is 63.2. The van der Waals surface area contributed by atoms with Crippen LogP contribution in [0.1, 0.15) is 84.5 Å². The maximum Gasteiger partial charge on any atom is 0.420 e. The number of amides is 1. The number of hydrogen-bond donors (Lipinski definition) is 2. The van der Waals surface area contributed by atoms with Gasteiger partial charge in [-0.2, -0.15) is 26.3 Å². The third-order valence-corrected chi connectivity index (χ3v) is 13.6. The highest BCUT2D eigenvalue weighted by Gasteiger charge is 2.39. The third-order valence-electron chi connectivity index (χ3n) is 13.4. The van der Waals surface area contributed by atoms with Gasteiger partial charge in [-0.1, -0.05) is 90.1 Å². The summed E-state index contributed by atoms with van der Waals surface area (Å²) in [6.07, 6.45) is -9.20. The number of nitrogens with zero attached hydrogens (tertiary/aromatic N) is 2. The SMILES string of the molecule is COc1c(N)cc(C(C)(C)C)cc1C(F)(F)F.COc1c(NC(=O)C(=O)c2ccc(OCCN3CCOCC3)c3ccccc23)cc(C(C)(C)C)cc1C(F)(F)F.O=C(Cl)C(=O)c1ccc(OCCN2CCOCC2)c2ccccc12. The lowest BCUT2D eigenvalue weighted by Gasteiger charge is -2.26. The van der Waals surface area contributed by atoms with E-state index in [1.807, 2.05) is 39.0 Å². The van der Waals surface area contributed by atoms with E-state index in [4.69, 9.17) is 45.8 Å². The van der Waals surface area contributed by atoms with Gasteiger partial charge in [0.05, 0.1) is 63.1 Å². The predicted octanol–water partition coefficient (Wildman–Crippen LogP) is 11.8. The molecule has 6 aromatic rings. The normalized spacial score (nSPS) is 14.5. The van der Waals surface area contributed by atoms with Gasteiger partial charge in [-0.05, 0) is 92.9 Å². The fourth-order valence-electron chi connectivity index (χ4n) is 8.92. The van der Waals surface area contributed by atoms with E-state index >= 15 is 0 Å². The van der Waals surface area contributed by atoms with Gasteiger partial charge in [0.15, 0.2) is 11.5 Å². The highest BCUT2D eigenvalue weighted by Crippen LogP contribution is 2.45. The number of nitrogens with two attached hydrogens (primary N) is 1. The number of methoxy groups -OCH3 is 2. The number of carbonyl (C=O) groups excluding carboxylic acids is 4. The molecular formula is C60H67ClF6N4O10. The summed E-state index contributed by atoms with van der Waals surface area (Å²) >= 11 is 5.34. The average molecular weight is 1150 g/mol. The number of rotatable bonds is 15. The van der Waals surface area contributed by atoms with E-state index in [9.17, 15) is 45.5 Å². The monoisotopic (exact) mass is 1150 g/mol. The molecule has 14 nitrogen and oxygen atoms in total. The molecule has 0 saturated carbocycles. The number of benzene rings is 6. The average Bonchev–Trinajstić information content (AvgIpc) is 3.62. The van der Waals surface area contributed by atoms with E-state index in [1.165, 1.54) is 25.3 Å². The second kappa shape index (κ2) is 27.2. The van der Waals surface area contributed by atoms with Gasteiger partial charge in [0.25, 0.3) is 16.9 Å². The number of nitrogens with one attached hydrogen (secondary N) is 1. The summed E-state index contributed by atoms with van der Waals surface area (Å²) in [6, 6.07) is 25.8. The molecule has 3 N–H and O–H groups in total. The molecule has 2 aliphatic rings. The van der Waals surface area contributed by atoms with Crippen LogP contribution in [0, 0.1) is 0 Å². The van der Waals surface area contributed by atoms with Crippen LogP contribution in [0.25, 0.3) is 21.5 Å². The molecule has 2 saturated heterocycles. The van der Waals surface area contributed by atoms with Crippen molar-refractivity contribution in [2.24, 2.45) is 0 Å². The zero-order chi connectivity index (χ0) is 59.5. The van der Waals surface area contributed by atoms with Crippen LogP contribution < -0.4 is 30.0 Å². The van der Waals surface area contributed by atoms with Crippen LogP contribution in [-0.2, 0) is 42.2 Å². The minimum atomic E-state index is -4.73. The smallest absolute Gasteiger partial charge is 0.420 e. The van der Waals surface area contributed by atoms with Crippen LogP contribution in [0.4, 0.5) is 37.7 Å². The van der Waals surface area contributed by atoms with Gasteiger partial charge in [0, 0.05) is 61.2 Å². The zero-order valence-electron chi connectivity index (χ0n) is 46.4. The van der Waals surface area contributed by atoms with Crippen molar-refractivity contribution >= 4 is 67.2 Å². The van der Waals surface area contributed by atoms with Crippen molar-refractivity contribution in [3.63, 3.8) is 0 Å². The maximum atomic E-state index is 13.9. The van der Waals surface area contributed by atoms with Gasteiger partial charge in [0.1, 0.15) is 24.7 Å². The van der Waals surface area contributed by atoms with Gasteiger partial charge in [-0.25, -0.2) is 0 Å². The van der Waals surface area contributed by atoms with Crippen molar-refractivity contribution in [2.45, 2.75) is 64.7 Å². The number of ether oxygens (including phenoxy) is 6. The zero-order valence-corrected chi connectivity index (χ0v) is 47.2. The lowest BCUT2D eigenvalue weighted by molar-refractivity contribution is -0.139. The Morgan fingerprint density at radius 2 is 0.963 bits per heavy atom. The van der Waals surface area contributed by atoms with Crippen LogP contribution in [0.3, 0.4) is 0 Å². The highest BCUT2D eigenvalue weighted by atomic mass is 35.5. The molecule has 2 fully saturated rings. The second-order valence-electron chi connectivity index (χ2n) is 21.1. The second-order valence-corrected chi connectivity index (χ2v) is 21.4. The van der Waals surface area contributed by atoms with Gasteiger partial charge in [-0.15, -0.1) is 0 Å². The first-order chi connectivity index (χ1) is 38.1. The number of alkyl halides is 6. The number of Topliss-reactive ketones (excluding diaryl/α,β-unsaturated/α-hetero) is 2. The summed E-state index contributed by atoms with van der Waals surface area (Å²) in [7, 11) is 2.27. The molecule has 0 bridgehead atoms. The number of anilines is 2. The molecule has 436 valence electrons. The van der Waals surface area contributed by atoms with Gasteiger partial charge >= 0.3 is 12.4 Å². The fourth-order valence-corrected chi connectivity index (χ4v) is 9.03. The van der Waals surface area contributed by atoms with Crippen molar-refractivity contribution in [3.8, 4) is 23.0 Å². The quantitative estimate of drug-likeness (QED) is 0.0328. The van der Waals surface area contributed by atoms with Crippen LogP contribution in [0.5, 0.6) is 23.0 Å². The molecule has 0 spiro atoms. The molecule has 81 heavy (non-hydrogen) atoms. The van der Waals surface area contributed by atoms with Crippen molar-refractivity contribution in [1.29, 1.82) is 0 Å². The fraction of sp³-hybridized carbons (Fsp3) is 0.400. The Hall–Kier alpha value is -6.97. The number of ketones is 2. The summed E-state index contributed by atoms with van der Waals surface area (Å²) in [6.45, 7) is 19.6. The maximum absolute atomic E-state index is 13.9. The number of morpholine rings is 2. The predicted molar refractivity (Wildman–Crippen MR) is 299 cm³/mol. The Bertz CT molecular complexity index is 3200. The molecule has 0 aliphatic carbocycles. The Balaban J connectivity index is 0.000000218. The van der Waals surface area contributed by atoms with E-state index in [2.05, 4.69) is 15.1 Å². The molecule has 21 heteroatoms. The summed E-state index contributed by atoms with van der Waals surface area (Å²) in [5.74, 6) is -2.29. The van der Waals surface area contributed by atoms with Crippen molar-refractivity contribution in [1.82, 2.24) is 9.80 Å². The Labute approximate surface area is 471 Å². The standard InChI is InChI=1S/C30H33F3N2O5.C18H18ClNO4.C12H16F3NO/c1-29(2,3)19-17-23(30(31,32)33)27(38-4)24(18-19)34-28(37)26(36)22-9-10-25(21-8-6-5-7-20(21)22)40-16-13-35-11-14-39-15-12-35;19-18(22)17(21)15-5-6-16(14-4-2-1-3-13(14)15)24-12-9-20-7-10-23-11-8-20;1-11(2,3)7-5-8(12(13,14)15)10(17-4)9(16)6-7/h5-10,17-18H,11-16H2,1-4H3,(H,34,37);1-6H,7-12H2;5-6H,16H2,1-4H3. The molecule has 0 radical (unpaired) electrons. The molecule has 2 aliphatic heterocycles. The lowest BCUT2D eigenvalue weighted by atomic mass is 9.85. The first-order valence-corrected chi connectivity index (χ1v) is 26.4. The number of halogens is 7. The van der Waals surface area contributed by atoms with E-state index < -0.39 is 62.8 Å². The van der Waals surface area contributed by atoms with E-state index in [0.29, 0.717) is 70.8 Å². The van der Waals surface area contributed by atoms with Crippen LogP contribution in [0.2, 0.25) is 0 Å². The minimum absolute atomic E-state index is 0.00671. The number of carbonyl (C=O) groups is 4. The van der Waals surface area contributed by atoms with Gasteiger partial charge in [0.2, 0.25) is 5.78 Å². The summed E-state index contributed by atoms with van der Waals surface area (Å²) in [5, 5.41) is 4.00. The topological polar surface area (TPSA) is 168 Å². The Kier molecular flexibility index (Phi) is 21.2. The van der Waals surface area contributed by atoms with E-state index in [0.717, 1.165) is 77.1 Å². The molecule has 8 rings (SSSR count). The molecule has 1 amide bonds.